The molecule has 0 radical (unpaired) electrons. The Labute approximate surface area is 443 Å². The number of unbranched alkanes of at least 4 members (excludes halogenated alkanes) is 47. The van der Waals surface area contributed by atoms with Crippen molar-refractivity contribution in [2.24, 2.45) is 0 Å². The first kappa shape index (κ1) is 69.3. The maximum atomic E-state index is 12.5. The van der Waals surface area contributed by atoms with Crippen molar-refractivity contribution in [2.45, 2.75) is 366 Å². The largest absolute Gasteiger partial charge is 0.466 e. The summed E-state index contributed by atoms with van der Waals surface area (Å²) in [5, 5.41) is 23.2. The number of nitrogens with one attached hydrogen (secondary N) is 1. The quantitative estimate of drug-likeness (QED) is 0.0320. The average molecular weight is 1000 g/mol. The fourth-order valence-electron chi connectivity index (χ4n) is 10.0. The van der Waals surface area contributed by atoms with E-state index in [0.29, 0.717) is 19.4 Å². The molecule has 2 atom stereocenters. The number of rotatable bonds is 60. The van der Waals surface area contributed by atoms with Crippen LogP contribution in [0.3, 0.4) is 0 Å². The average Bonchev–Trinajstić information content (AvgIpc) is 3.37. The predicted molar refractivity (Wildman–Crippen MR) is 310 cm³/mol. The number of allylic oxidation sites excluding steroid dienone is 3. The SMILES string of the molecule is CCCCCCC/C=C\CCCCCCCC(=O)OCCCCCCCCCCCCCCCCCCCCCCCC(=O)NC(CO)C(O)/C=C/CCCCCCCCCCCCCCCCCCC. The highest BCUT2D eigenvalue weighted by atomic mass is 16.5. The second kappa shape index (κ2) is 60.9. The maximum absolute atomic E-state index is 12.5. The second-order valence-electron chi connectivity index (χ2n) is 22.1. The van der Waals surface area contributed by atoms with E-state index in [0.717, 1.165) is 44.9 Å². The number of carbonyl (C=O) groups is 2. The lowest BCUT2D eigenvalue weighted by Crippen LogP contribution is -2.45. The van der Waals surface area contributed by atoms with Crippen molar-refractivity contribution in [2.75, 3.05) is 13.2 Å². The second-order valence-corrected chi connectivity index (χ2v) is 22.1. The minimum Gasteiger partial charge on any atom is -0.466 e. The Morgan fingerprint density at radius 3 is 1.00 bits per heavy atom. The van der Waals surface area contributed by atoms with Crippen LogP contribution in [0.4, 0.5) is 0 Å². The van der Waals surface area contributed by atoms with Crippen LogP contribution >= 0.6 is 0 Å². The van der Waals surface area contributed by atoms with Crippen LogP contribution in [0.2, 0.25) is 0 Å². The van der Waals surface area contributed by atoms with Crippen LogP contribution in [0.25, 0.3) is 0 Å². The van der Waals surface area contributed by atoms with E-state index in [1.807, 2.05) is 6.08 Å². The highest BCUT2D eigenvalue weighted by Gasteiger charge is 2.18. The molecule has 0 saturated carbocycles. The molecule has 0 saturated heterocycles. The van der Waals surface area contributed by atoms with Gasteiger partial charge in [0.05, 0.1) is 25.4 Å². The summed E-state index contributed by atoms with van der Waals surface area (Å²) < 4.78 is 5.48. The standard InChI is InChI=1S/C65H125NO5/c1-3-5-7-9-11-13-15-17-19-20-24-27-30-33-37-41-45-49-53-57-63(68)62(61-67)66-64(69)58-54-50-46-42-38-34-31-28-25-22-21-23-26-29-32-36-40-44-48-52-56-60-71-65(70)59-55-51-47-43-39-35-18-16-14-12-10-8-6-4-2/h16,18,53,57,62-63,67-68H,3-15,17,19-52,54-56,58-61H2,1-2H3,(H,66,69)/b18-16-,57-53+. The van der Waals surface area contributed by atoms with Gasteiger partial charge < -0.3 is 20.3 Å². The van der Waals surface area contributed by atoms with Crippen molar-refractivity contribution in [3.63, 3.8) is 0 Å². The van der Waals surface area contributed by atoms with Crippen molar-refractivity contribution in [3.8, 4) is 0 Å². The zero-order valence-corrected chi connectivity index (χ0v) is 48.0. The normalized spacial score (nSPS) is 12.7. The lowest BCUT2D eigenvalue weighted by Gasteiger charge is -2.20. The summed E-state index contributed by atoms with van der Waals surface area (Å²) in [4.78, 5) is 24.5. The number of hydrogen-bond acceptors (Lipinski definition) is 5. The third kappa shape index (κ3) is 57.5. The summed E-state index contributed by atoms with van der Waals surface area (Å²) in [7, 11) is 0. The minimum absolute atomic E-state index is 0.00336. The van der Waals surface area contributed by atoms with Gasteiger partial charge in [0.15, 0.2) is 0 Å². The first-order valence-electron chi connectivity index (χ1n) is 32.1. The van der Waals surface area contributed by atoms with Crippen LogP contribution < -0.4 is 5.32 Å². The van der Waals surface area contributed by atoms with Gasteiger partial charge in [-0.3, -0.25) is 9.59 Å². The van der Waals surface area contributed by atoms with E-state index < -0.39 is 12.1 Å². The molecule has 3 N–H and O–H groups in total. The molecule has 0 aliphatic rings. The number of esters is 1. The summed E-state index contributed by atoms with van der Waals surface area (Å²) in [5.74, 6) is -0.0627. The molecule has 0 heterocycles. The van der Waals surface area contributed by atoms with Gasteiger partial charge in [0.25, 0.3) is 0 Å². The number of hydrogen-bond donors (Lipinski definition) is 3. The Balaban J connectivity index is 3.42. The molecular formula is C65H125NO5. The molecule has 0 aliphatic carbocycles. The van der Waals surface area contributed by atoms with E-state index >= 15 is 0 Å². The number of aliphatic hydroxyl groups is 2. The summed E-state index contributed by atoms with van der Waals surface area (Å²) in [6.45, 7) is 4.92. The molecule has 0 rings (SSSR count). The van der Waals surface area contributed by atoms with Crippen LogP contribution in [0, 0.1) is 0 Å². The number of amides is 1. The molecule has 0 aromatic rings. The third-order valence-corrected chi connectivity index (χ3v) is 15.0. The monoisotopic (exact) mass is 1000 g/mol. The van der Waals surface area contributed by atoms with Crippen LogP contribution in [0.1, 0.15) is 354 Å². The molecule has 2 unspecified atom stereocenters. The number of carbonyl (C=O) groups excluding carboxylic acids is 2. The first-order valence-corrected chi connectivity index (χ1v) is 32.1. The Morgan fingerprint density at radius 1 is 0.380 bits per heavy atom. The molecule has 1 amide bonds. The van der Waals surface area contributed by atoms with Crippen LogP contribution in [0.15, 0.2) is 24.3 Å². The molecule has 0 aromatic carbocycles. The molecule has 6 nitrogen and oxygen atoms in total. The fraction of sp³-hybridized carbons (Fsp3) is 0.908. The molecule has 6 heteroatoms. The molecule has 0 spiro atoms. The van der Waals surface area contributed by atoms with Gasteiger partial charge in [-0.05, 0) is 57.8 Å². The van der Waals surface area contributed by atoms with Gasteiger partial charge in [0, 0.05) is 12.8 Å². The minimum atomic E-state index is -0.846. The molecule has 0 aliphatic heterocycles. The van der Waals surface area contributed by atoms with E-state index in [-0.39, 0.29) is 18.5 Å². The van der Waals surface area contributed by atoms with Crippen LogP contribution in [-0.2, 0) is 14.3 Å². The lowest BCUT2D eigenvalue weighted by molar-refractivity contribution is -0.143. The van der Waals surface area contributed by atoms with Gasteiger partial charge in [-0.1, -0.05) is 308 Å². The molecule has 420 valence electrons. The fourth-order valence-corrected chi connectivity index (χ4v) is 10.0. The first-order chi connectivity index (χ1) is 35.0. The van der Waals surface area contributed by atoms with E-state index in [2.05, 4.69) is 31.3 Å². The Hall–Kier alpha value is -1.66. The number of aliphatic hydroxyl groups excluding tert-OH is 2. The van der Waals surface area contributed by atoms with Gasteiger partial charge in [0.2, 0.25) is 5.91 Å². The van der Waals surface area contributed by atoms with Gasteiger partial charge in [-0.15, -0.1) is 0 Å². The van der Waals surface area contributed by atoms with Gasteiger partial charge in [-0.25, -0.2) is 0 Å². The summed E-state index contributed by atoms with van der Waals surface area (Å²) in [5.41, 5.74) is 0. The highest BCUT2D eigenvalue weighted by molar-refractivity contribution is 5.76. The zero-order chi connectivity index (χ0) is 51.4. The molecule has 0 fully saturated rings. The maximum Gasteiger partial charge on any atom is 0.305 e. The van der Waals surface area contributed by atoms with Crippen LogP contribution in [-0.4, -0.2) is 47.4 Å². The molecule has 71 heavy (non-hydrogen) atoms. The van der Waals surface area contributed by atoms with Crippen molar-refractivity contribution in [1.29, 1.82) is 0 Å². The topological polar surface area (TPSA) is 95.9 Å². The van der Waals surface area contributed by atoms with E-state index in [1.165, 1.54) is 283 Å². The van der Waals surface area contributed by atoms with Gasteiger partial charge >= 0.3 is 5.97 Å². The predicted octanol–water partition coefficient (Wildman–Crippen LogP) is 20.2. The van der Waals surface area contributed by atoms with E-state index in [4.69, 9.17) is 4.74 Å². The molecule has 0 aromatic heterocycles. The summed E-state index contributed by atoms with van der Waals surface area (Å²) in [6.07, 6.45) is 75.1. The Bertz CT molecular complexity index is 1110. The zero-order valence-electron chi connectivity index (χ0n) is 48.0. The van der Waals surface area contributed by atoms with Gasteiger partial charge in [0.1, 0.15) is 0 Å². The lowest BCUT2D eigenvalue weighted by atomic mass is 10.0. The van der Waals surface area contributed by atoms with Crippen LogP contribution in [0.5, 0.6) is 0 Å². The van der Waals surface area contributed by atoms with Crippen molar-refractivity contribution in [3.05, 3.63) is 24.3 Å². The summed E-state index contributed by atoms with van der Waals surface area (Å²) in [6, 6.07) is -0.629. The van der Waals surface area contributed by atoms with E-state index in [1.54, 1.807) is 6.08 Å². The van der Waals surface area contributed by atoms with Crippen molar-refractivity contribution >= 4 is 11.9 Å². The molecular weight excluding hydrogens is 875 g/mol. The van der Waals surface area contributed by atoms with E-state index in [9.17, 15) is 19.8 Å². The smallest absolute Gasteiger partial charge is 0.305 e. The molecule has 0 bridgehead atoms. The number of ether oxygens (including phenoxy) is 1. The van der Waals surface area contributed by atoms with Gasteiger partial charge in [-0.2, -0.15) is 0 Å². The van der Waals surface area contributed by atoms with Crippen molar-refractivity contribution < 1.29 is 24.5 Å². The van der Waals surface area contributed by atoms with Crippen molar-refractivity contribution in [1.82, 2.24) is 5.32 Å². The Morgan fingerprint density at radius 2 is 0.662 bits per heavy atom. The Kier molecular flexibility index (Phi) is 59.5. The summed E-state index contributed by atoms with van der Waals surface area (Å²) >= 11 is 0. The third-order valence-electron chi connectivity index (χ3n) is 15.0. The highest BCUT2D eigenvalue weighted by Crippen LogP contribution is 2.18.